The van der Waals surface area contributed by atoms with Crippen LogP contribution in [0.5, 0.6) is 5.75 Å². The summed E-state index contributed by atoms with van der Waals surface area (Å²) in [7, 11) is 0. The molecule has 4 heteroatoms. The molecule has 0 spiro atoms. The second-order valence-electron chi connectivity index (χ2n) is 4.57. The highest BCUT2D eigenvalue weighted by atomic mass is 127. The standard InChI is InChI=1S/C16H19IN2O/c1-2-10-20-15-8-6-12(7-9-15)16(19-18)13-4-3-5-14(17)11-13/h3-9,11,16,19H,2,10,18H2,1H3. The zero-order chi connectivity index (χ0) is 14.4. The van der Waals surface area contributed by atoms with Gasteiger partial charge in [-0.2, -0.15) is 0 Å². The van der Waals surface area contributed by atoms with E-state index in [1.807, 2.05) is 18.2 Å². The lowest BCUT2D eigenvalue weighted by molar-refractivity contribution is 0.317. The third-order valence-electron chi connectivity index (χ3n) is 3.03. The van der Waals surface area contributed by atoms with Crippen LogP contribution in [0.2, 0.25) is 0 Å². The van der Waals surface area contributed by atoms with Crippen LogP contribution in [-0.2, 0) is 0 Å². The molecule has 0 radical (unpaired) electrons. The molecule has 3 nitrogen and oxygen atoms in total. The van der Waals surface area contributed by atoms with E-state index in [1.54, 1.807) is 0 Å². The minimum atomic E-state index is -0.00931. The third-order valence-corrected chi connectivity index (χ3v) is 3.71. The van der Waals surface area contributed by atoms with Gasteiger partial charge in [-0.05, 0) is 64.4 Å². The van der Waals surface area contributed by atoms with Crippen molar-refractivity contribution in [1.82, 2.24) is 5.43 Å². The predicted octanol–water partition coefficient (Wildman–Crippen LogP) is 3.63. The lowest BCUT2D eigenvalue weighted by atomic mass is 9.99. The first-order chi connectivity index (χ1) is 9.74. The Labute approximate surface area is 133 Å². The summed E-state index contributed by atoms with van der Waals surface area (Å²) in [5.41, 5.74) is 5.16. The van der Waals surface area contributed by atoms with Crippen molar-refractivity contribution < 1.29 is 4.74 Å². The van der Waals surface area contributed by atoms with Crippen molar-refractivity contribution in [2.24, 2.45) is 5.84 Å². The highest BCUT2D eigenvalue weighted by Gasteiger charge is 2.12. The molecule has 0 bridgehead atoms. The monoisotopic (exact) mass is 382 g/mol. The van der Waals surface area contributed by atoms with Crippen molar-refractivity contribution in [1.29, 1.82) is 0 Å². The van der Waals surface area contributed by atoms with Gasteiger partial charge < -0.3 is 4.74 Å². The Morgan fingerprint density at radius 2 is 1.90 bits per heavy atom. The molecule has 1 unspecified atom stereocenters. The Hall–Kier alpha value is -1.11. The van der Waals surface area contributed by atoms with E-state index < -0.39 is 0 Å². The van der Waals surface area contributed by atoms with E-state index in [-0.39, 0.29) is 6.04 Å². The number of ether oxygens (including phenoxy) is 1. The quantitative estimate of drug-likeness (QED) is 0.456. The average Bonchev–Trinajstić information content (AvgIpc) is 2.47. The molecule has 0 aromatic heterocycles. The van der Waals surface area contributed by atoms with Gasteiger partial charge in [-0.3, -0.25) is 5.84 Å². The number of rotatable bonds is 6. The maximum Gasteiger partial charge on any atom is 0.119 e. The normalized spacial score (nSPS) is 12.2. The second kappa shape index (κ2) is 7.61. The fraction of sp³-hybridized carbons (Fsp3) is 0.250. The van der Waals surface area contributed by atoms with Crippen LogP contribution in [0.3, 0.4) is 0 Å². The first-order valence-electron chi connectivity index (χ1n) is 6.69. The number of benzene rings is 2. The summed E-state index contributed by atoms with van der Waals surface area (Å²) in [5.74, 6) is 6.62. The highest BCUT2D eigenvalue weighted by molar-refractivity contribution is 14.1. The van der Waals surface area contributed by atoms with Crippen molar-refractivity contribution in [2.45, 2.75) is 19.4 Å². The first kappa shape index (κ1) is 15.3. The molecule has 0 amide bonds. The van der Waals surface area contributed by atoms with Gasteiger partial charge in [-0.1, -0.05) is 31.2 Å². The lowest BCUT2D eigenvalue weighted by Gasteiger charge is -2.17. The summed E-state index contributed by atoms with van der Waals surface area (Å²) in [6.45, 7) is 2.84. The molecule has 106 valence electrons. The molecule has 0 heterocycles. The topological polar surface area (TPSA) is 47.3 Å². The van der Waals surface area contributed by atoms with E-state index >= 15 is 0 Å². The first-order valence-corrected chi connectivity index (χ1v) is 7.77. The van der Waals surface area contributed by atoms with Crippen molar-refractivity contribution in [2.75, 3.05) is 6.61 Å². The SMILES string of the molecule is CCCOc1ccc(C(NN)c2cccc(I)c2)cc1. The lowest BCUT2D eigenvalue weighted by Crippen LogP contribution is -2.28. The molecule has 0 aliphatic rings. The van der Waals surface area contributed by atoms with Crippen LogP contribution < -0.4 is 16.0 Å². The molecule has 0 aliphatic carbocycles. The van der Waals surface area contributed by atoms with Gasteiger partial charge in [0.05, 0.1) is 12.6 Å². The molecular weight excluding hydrogens is 363 g/mol. The minimum absolute atomic E-state index is 0.00931. The van der Waals surface area contributed by atoms with E-state index in [1.165, 1.54) is 3.57 Å². The number of nitrogens with one attached hydrogen (secondary N) is 1. The van der Waals surface area contributed by atoms with Gasteiger partial charge in [0.1, 0.15) is 5.75 Å². The van der Waals surface area contributed by atoms with Crippen molar-refractivity contribution >= 4 is 22.6 Å². The zero-order valence-corrected chi connectivity index (χ0v) is 13.6. The summed E-state index contributed by atoms with van der Waals surface area (Å²) in [5, 5.41) is 0. The summed E-state index contributed by atoms with van der Waals surface area (Å²) >= 11 is 2.31. The number of halogens is 1. The number of hydrazine groups is 1. The Balaban J connectivity index is 2.19. The molecule has 2 aromatic rings. The van der Waals surface area contributed by atoms with E-state index in [0.717, 1.165) is 29.9 Å². The van der Waals surface area contributed by atoms with Crippen molar-refractivity contribution in [3.63, 3.8) is 0 Å². The van der Waals surface area contributed by atoms with Crippen molar-refractivity contribution in [3.8, 4) is 5.75 Å². The van der Waals surface area contributed by atoms with Gasteiger partial charge in [0, 0.05) is 3.57 Å². The van der Waals surface area contributed by atoms with Crippen molar-refractivity contribution in [3.05, 3.63) is 63.2 Å². The van der Waals surface area contributed by atoms with Gasteiger partial charge in [-0.15, -0.1) is 0 Å². The Morgan fingerprint density at radius 3 is 2.50 bits per heavy atom. The Kier molecular flexibility index (Phi) is 5.82. The van der Waals surface area contributed by atoms with Gasteiger partial charge in [0.25, 0.3) is 0 Å². The Morgan fingerprint density at radius 1 is 1.15 bits per heavy atom. The largest absolute Gasteiger partial charge is 0.494 e. The molecule has 0 saturated carbocycles. The summed E-state index contributed by atoms with van der Waals surface area (Å²) in [4.78, 5) is 0. The molecule has 1 atom stereocenters. The van der Waals surface area contributed by atoms with Gasteiger partial charge >= 0.3 is 0 Å². The second-order valence-corrected chi connectivity index (χ2v) is 5.82. The fourth-order valence-electron chi connectivity index (χ4n) is 2.05. The number of nitrogens with two attached hydrogens (primary N) is 1. The van der Waals surface area contributed by atoms with Crippen LogP contribution in [0, 0.1) is 3.57 Å². The zero-order valence-electron chi connectivity index (χ0n) is 11.5. The summed E-state index contributed by atoms with van der Waals surface area (Å²) in [6, 6.07) is 16.4. The third kappa shape index (κ3) is 3.94. The maximum absolute atomic E-state index is 5.72. The molecule has 20 heavy (non-hydrogen) atoms. The van der Waals surface area contributed by atoms with Crippen LogP contribution in [0.1, 0.15) is 30.5 Å². The fourth-order valence-corrected chi connectivity index (χ4v) is 2.61. The smallest absolute Gasteiger partial charge is 0.119 e. The highest BCUT2D eigenvalue weighted by Crippen LogP contribution is 2.24. The van der Waals surface area contributed by atoms with Gasteiger partial charge in [0.15, 0.2) is 0 Å². The van der Waals surface area contributed by atoms with Crippen LogP contribution in [0.4, 0.5) is 0 Å². The van der Waals surface area contributed by atoms with E-state index in [0.29, 0.717) is 0 Å². The van der Waals surface area contributed by atoms with Crippen LogP contribution >= 0.6 is 22.6 Å². The molecule has 0 saturated heterocycles. The molecule has 2 aromatic carbocycles. The summed E-state index contributed by atoms with van der Waals surface area (Å²) < 4.78 is 6.79. The van der Waals surface area contributed by atoms with Crippen LogP contribution in [-0.4, -0.2) is 6.61 Å². The predicted molar refractivity (Wildman–Crippen MR) is 90.6 cm³/mol. The average molecular weight is 382 g/mol. The molecular formula is C16H19IN2O. The van der Waals surface area contributed by atoms with Crippen LogP contribution in [0.25, 0.3) is 0 Å². The van der Waals surface area contributed by atoms with Crippen LogP contribution in [0.15, 0.2) is 48.5 Å². The maximum atomic E-state index is 5.72. The number of hydrogen-bond acceptors (Lipinski definition) is 3. The summed E-state index contributed by atoms with van der Waals surface area (Å²) in [6.07, 6.45) is 1.01. The molecule has 2 rings (SSSR count). The molecule has 0 aliphatic heterocycles. The van der Waals surface area contributed by atoms with Gasteiger partial charge in [-0.25, -0.2) is 5.43 Å². The van der Waals surface area contributed by atoms with E-state index in [9.17, 15) is 0 Å². The van der Waals surface area contributed by atoms with E-state index in [2.05, 4.69) is 65.3 Å². The minimum Gasteiger partial charge on any atom is -0.494 e. The van der Waals surface area contributed by atoms with Gasteiger partial charge in [0.2, 0.25) is 0 Å². The molecule has 0 fully saturated rings. The number of hydrogen-bond donors (Lipinski definition) is 2. The molecule has 3 N–H and O–H groups in total. The van der Waals surface area contributed by atoms with E-state index in [4.69, 9.17) is 10.6 Å². The Bertz CT molecular complexity index is 542.